The quantitative estimate of drug-likeness (QED) is 0.337. The molecule has 3 N–H and O–H groups in total. The molecule has 35 heavy (non-hydrogen) atoms. The van der Waals surface area contributed by atoms with Crippen LogP contribution in [0.2, 0.25) is 0 Å². The number of anilines is 2. The summed E-state index contributed by atoms with van der Waals surface area (Å²) in [6.45, 7) is 2.19. The summed E-state index contributed by atoms with van der Waals surface area (Å²) >= 11 is 0. The molecule has 0 saturated heterocycles. The molecule has 184 valence electrons. The first-order valence-electron chi connectivity index (χ1n) is 13.4. The van der Waals surface area contributed by atoms with Gasteiger partial charge in [-0.15, -0.1) is 0 Å². The highest BCUT2D eigenvalue weighted by Gasteiger charge is 2.27. The Morgan fingerprint density at radius 2 is 1.43 bits per heavy atom. The smallest absolute Gasteiger partial charge is 0.227 e. The summed E-state index contributed by atoms with van der Waals surface area (Å²) in [5, 5.41) is 7.37. The van der Waals surface area contributed by atoms with E-state index in [1.807, 2.05) is 30.5 Å². The lowest BCUT2D eigenvalue weighted by atomic mass is 9.80. The van der Waals surface area contributed by atoms with Gasteiger partial charge in [0.25, 0.3) is 0 Å². The standard InChI is InChI=1S/C30H37N3O2/c1-20-8-6-7-11-25(20)30(35)32-23-14-12-21(13-15-23)27-19-31-28-17-16-24(18-26(27)28)33-29(34)22-9-4-2-3-5-10-22/h12-20,22,25,31H,2-11H2,1H3,(H,32,35)(H,33,34). The normalized spacial score (nSPS) is 21.4. The number of rotatable bonds is 5. The van der Waals surface area contributed by atoms with E-state index in [1.54, 1.807) is 0 Å². The van der Waals surface area contributed by atoms with Crippen LogP contribution in [0.1, 0.15) is 71.1 Å². The molecule has 0 aliphatic heterocycles. The zero-order valence-corrected chi connectivity index (χ0v) is 20.7. The van der Waals surface area contributed by atoms with Crippen LogP contribution in [-0.2, 0) is 9.59 Å². The van der Waals surface area contributed by atoms with Gasteiger partial charge >= 0.3 is 0 Å². The number of aromatic nitrogens is 1. The topological polar surface area (TPSA) is 74.0 Å². The first-order valence-corrected chi connectivity index (χ1v) is 13.4. The van der Waals surface area contributed by atoms with Crippen molar-refractivity contribution in [3.05, 3.63) is 48.7 Å². The number of carbonyl (C=O) groups is 2. The number of amides is 2. The van der Waals surface area contributed by atoms with Gasteiger partial charge in [-0.3, -0.25) is 9.59 Å². The molecule has 1 aromatic heterocycles. The van der Waals surface area contributed by atoms with Crippen LogP contribution in [0.25, 0.3) is 22.0 Å². The summed E-state index contributed by atoms with van der Waals surface area (Å²) < 4.78 is 0. The van der Waals surface area contributed by atoms with Gasteiger partial charge in [0, 0.05) is 45.9 Å². The van der Waals surface area contributed by atoms with Crippen LogP contribution in [0.15, 0.2) is 48.7 Å². The minimum Gasteiger partial charge on any atom is -0.361 e. The summed E-state index contributed by atoms with van der Waals surface area (Å²) in [7, 11) is 0. The molecule has 0 radical (unpaired) electrons. The molecule has 2 unspecified atom stereocenters. The lowest BCUT2D eigenvalue weighted by Crippen LogP contribution is -2.30. The molecule has 0 spiro atoms. The Kier molecular flexibility index (Phi) is 7.21. The Morgan fingerprint density at radius 1 is 0.771 bits per heavy atom. The molecular weight excluding hydrogens is 434 g/mol. The van der Waals surface area contributed by atoms with E-state index < -0.39 is 0 Å². The SMILES string of the molecule is CC1CCCCC1C(=O)Nc1ccc(-c2c[nH]c3ccc(NC(=O)C4CCCCCC4)cc23)cc1. The van der Waals surface area contributed by atoms with Crippen LogP contribution in [-0.4, -0.2) is 16.8 Å². The zero-order chi connectivity index (χ0) is 24.2. The number of nitrogens with one attached hydrogen (secondary N) is 3. The van der Waals surface area contributed by atoms with Crippen molar-refractivity contribution >= 4 is 34.1 Å². The fraction of sp³-hybridized carbons (Fsp3) is 0.467. The molecule has 0 bridgehead atoms. The molecule has 2 amide bonds. The fourth-order valence-electron chi connectivity index (χ4n) is 5.90. The van der Waals surface area contributed by atoms with Gasteiger partial charge in [0.1, 0.15) is 0 Å². The van der Waals surface area contributed by atoms with Crippen molar-refractivity contribution in [2.24, 2.45) is 17.8 Å². The molecule has 2 atom stereocenters. The number of H-pyrrole nitrogens is 1. The van der Waals surface area contributed by atoms with Crippen LogP contribution in [0.4, 0.5) is 11.4 Å². The van der Waals surface area contributed by atoms with Gasteiger partial charge in [0.15, 0.2) is 0 Å². The summed E-state index contributed by atoms with van der Waals surface area (Å²) in [6.07, 6.45) is 13.3. The molecule has 3 aromatic rings. The van der Waals surface area contributed by atoms with Crippen molar-refractivity contribution in [3.63, 3.8) is 0 Å². The molecule has 2 aliphatic carbocycles. The average molecular weight is 472 g/mol. The van der Waals surface area contributed by atoms with E-state index in [9.17, 15) is 9.59 Å². The highest BCUT2D eigenvalue weighted by Crippen LogP contribution is 2.33. The summed E-state index contributed by atoms with van der Waals surface area (Å²) in [5.74, 6) is 0.982. The van der Waals surface area contributed by atoms with Crippen molar-refractivity contribution in [1.29, 1.82) is 0 Å². The van der Waals surface area contributed by atoms with E-state index in [2.05, 4.69) is 40.7 Å². The van der Waals surface area contributed by atoms with E-state index >= 15 is 0 Å². The first kappa shape index (κ1) is 23.7. The van der Waals surface area contributed by atoms with Crippen LogP contribution in [0.3, 0.4) is 0 Å². The van der Waals surface area contributed by atoms with Gasteiger partial charge in [-0.2, -0.15) is 0 Å². The third-order valence-corrected chi connectivity index (χ3v) is 8.09. The molecule has 2 aliphatic rings. The molecular formula is C30H37N3O2. The number of carbonyl (C=O) groups excluding carboxylic acids is 2. The fourth-order valence-corrected chi connectivity index (χ4v) is 5.90. The van der Waals surface area contributed by atoms with Crippen LogP contribution in [0, 0.1) is 17.8 Å². The van der Waals surface area contributed by atoms with Crippen LogP contribution in [0.5, 0.6) is 0 Å². The maximum Gasteiger partial charge on any atom is 0.227 e. The molecule has 1 heterocycles. The van der Waals surface area contributed by atoms with Crippen LogP contribution >= 0.6 is 0 Å². The zero-order valence-electron chi connectivity index (χ0n) is 20.7. The maximum atomic E-state index is 12.9. The third kappa shape index (κ3) is 5.44. The summed E-state index contributed by atoms with van der Waals surface area (Å²) in [5.41, 5.74) is 4.89. The van der Waals surface area contributed by atoms with Gasteiger partial charge in [0.05, 0.1) is 0 Å². The van der Waals surface area contributed by atoms with Crippen LogP contribution < -0.4 is 10.6 Å². The second-order valence-corrected chi connectivity index (χ2v) is 10.6. The molecule has 2 aromatic carbocycles. The molecule has 5 heteroatoms. The van der Waals surface area contributed by atoms with Crippen molar-refractivity contribution < 1.29 is 9.59 Å². The van der Waals surface area contributed by atoms with E-state index in [4.69, 9.17) is 0 Å². The molecule has 5 rings (SSSR count). The molecule has 2 saturated carbocycles. The van der Waals surface area contributed by atoms with E-state index in [1.165, 1.54) is 19.3 Å². The van der Waals surface area contributed by atoms with Crippen molar-refractivity contribution in [2.75, 3.05) is 10.6 Å². The highest BCUT2D eigenvalue weighted by molar-refractivity contribution is 6.00. The van der Waals surface area contributed by atoms with Crippen molar-refractivity contribution in [3.8, 4) is 11.1 Å². The van der Waals surface area contributed by atoms with Crippen molar-refractivity contribution in [1.82, 2.24) is 4.98 Å². The monoisotopic (exact) mass is 471 g/mol. The van der Waals surface area contributed by atoms with Gasteiger partial charge in [-0.05, 0) is 67.5 Å². The Balaban J connectivity index is 1.29. The lowest BCUT2D eigenvalue weighted by molar-refractivity contribution is -0.122. The minimum absolute atomic E-state index is 0.115. The Labute approximate surface area is 208 Å². The Hall–Kier alpha value is -3.08. The lowest BCUT2D eigenvalue weighted by Gasteiger charge is -2.27. The van der Waals surface area contributed by atoms with E-state index in [0.29, 0.717) is 5.92 Å². The number of benzene rings is 2. The Morgan fingerprint density at radius 3 is 2.17 bits per heavy atom. The third-order valence-electron chi connectivity index (χ3n) is 8.09. The minimum atomic E-state index is 0.115. The second kappa shape index (κ2) is 10.7. The van der Waals surface area contributed by atoms with Gasteiger partial charge in [-0.25, -0.2) is 0 Å². The Bertz CT molecular complexity index is 1170. The summed E-state index contributed by atoms with van der Waals surface area (Å²) in [4.78, 5) is 29.0. The molecule has 5 nitrogen and oxygen atoms in total. The number of hydrogen-bond acceptors (Lipinski definition) is 2. The summed E-state index contributed by atoms with van der Waals surface area (Å²) in [6, 6.07) is 14.1. The van der Waals surface area contributed by atoms with Gasteiger partial charge in [0.2, 0.25) is 11.8 Å². The number of hydrogen-bond donors (Lipinski definition) is 3. The second-order valence-electron chi connectivity index (χ2n) is 10.6. The van der Waals surface area contributed by atoms with Crippen molar-refractivity contribution in [2.45, 2.75) is 71.1 Å². The number of fused-ring (bicyclic) bond motifs is 1. The predicted molar refractivity (Wildman–Crippen MR) is 143 cm³/mol. The van der Waals surface area contributed by atoms with Gasteiger partial charge in [-0.1, -0.05) is 57.6 Å². The van der Waals surface area contributed by atoms with E-state index in [0.717, 1.165) is 78.4 Å². The van der Waals surface area contributed by atoms with E-state index in [-0.39, 0.29) is 23.7 Å². The average Bonchev–Trinajstić information content (AvgIpc) is 3.08. The predicted octanol–water partition coefficient (Wildman–Crippen LogP) is 7.51. The number of aromatic amines is 1. The molecule has 2 fully saturated rings. The van der Waals surface area contributed by atoms with Gasteiger partial charge < -0.3 is 15.6 Å². The maximum absolute atomic E-state index is 12.9. The first-order chi connectivity index (χ1) is 17.1. The largest absolute Gasteiger partial charge is 0.361 e. The highest BCUT2D eigenvalue weighted by atomic mass is 16.2.